The summed E-state index contributed by atoms with van der Waals surface area (Å²) in [5, 5.41) is 5.14. The molecular weight excluding hydrogens is 160 g/mol. The van der Waals surface area contributed by atoms with Gasteiger partial charge < -0.3 is 5.32 Å². The number of anilines is 1. The van der Waals surface area contributed by atoms with E-state index in [1.54, 1.807) is 0 Å². The first-order valence-corrected chi connectivity index (χ1v) is 4.11. The molecule has 0 bridgehead atoms. The molecule has 1 rings (SSSR count). The van der Waals surface area contributed by atoms with Gasteiger partial charge in [0, 0.05) is 12.3 Å². The largest absolute Gasteiger partial charge is 0.302 e. The Labute approximate surface area is 69.5 Å². The smallest absolute Gasteiger partial charge is 0.223 e. The van der Waals surface area contributed by atoms with E-state index < -0.39 is 0 Å². The van der Waals surface area contributed by atoms with Crippen LogP contribution < -0.4 is 5.32 Å². The molecule has 59 valence electrons. The quantitative estimate of drug-likeness (QED) is 0.728. The molecule has 3 nitrogen and oxygen atoms in total. The second-order valence-electron chi connectivity index (χ2n) is 2.08. The molecule has 11 heavy (non-hydrogen) atoms. The van der Waals surface area contributed by atoms with Crippen molar-refractivity contribution in [1.82, 2.24) is 4.98 Å². The van der Waals surface area contributed by atoms with Gasteiger partial charge in [-0.25, -0.2) is 4.98 Å². The number of rotatable bonds is 2. The number of hydrogen-bond donors (Lipinski definition) is 1. The van der Waals surface area contributed by atoms with Gasteiger partial charge in [0.1, 0.15) is 0 Å². The monoisotopic (exact) mass is 169 g/mol. The standard InChI is InChI=1S/C7H9N2OS/c1-3-6-4-11-7(9-6)8-5(2)10/h4H,1,3H2,2H3,(H,8,9,10). The number of nitrogens with zero attached hydrogens (tertiary/aromatic N) is 1. The van der Waals surface area contributed by atoms with E-state index in [4.69, 9.17) is 0 Å². The fraction of sp³-hybridized carbons (Fsp3) is 0.286. The Kier molecular flexibility index (Phi) is 2.59. The van der Waals surface area contributed by atoms with Crippen molar-refractivity contribution in [2.75, 3.05) is 5.32 Å². The summed E-state index contributed by atoms with van der Waals surface area (Å²) in [4.78, 5) is 14.6. The summed E-state index contributed by atoms with van der Waals surface area (Å²) in [5.74, 6) is -0.0880. The number of amides is 1. The minimum Gasteiger partial charge on any atom is -0.302 e. The van der Waals surface area contributed by atoms with Gasteiger partial charge in [-0.3, -0.25) is 4.79 Å². The third-order valence-electron chi connectivity index (χ3n) is 1.09. The van der Waals surface area contributed by atoms with Gasteiger partial charge in [-0.05, 0) is 13.3 Å². The van der Waals surface area contributed by atoms with E-state index in [0.717, 1.165) is 5.69 Å². The molecule has 0 aliphatic rings. The summed E-state index contributed by atoms with van der Waals surface area (Å²) >= 11 is 1.42. The second kappa shape index (κ2) is 3.48. The molecule has 1 N–H and O–H groups in total. The van der Waals surface area contributed by atoms with Crippen molar-refractivity contribution in [3.63, 3.8) is 0 Å². The van der Waals surface area contributed by atoms with E-state index >= 15 is 0 Å². The lowest BCUT2D eigenvalue weighted by Crippen LogP contribution is -2.05. The van der Waals surface area contributed by atoms with Crippen LogP contribution in [0.2, 0.25) is 0 Å². The molecule has 0 unspecified atom stereocenters. The van der Waals surface area contributed by atoms with Crippen LogP contribution in [0.4, 0.5) is 5.13 Å². The third kappa shape index (κ3) is 2.31. The summed E-state index contributed by atoms with van der Waals surface area (Å²) in [5.41, 5.74) is 0.916. The fourth-order valence-corrected chi connectivity index (χ4v) is 1.42. The van der Waals surface area contributed by atoms with Gasteiger partial charge in [-0.2, -0.15) is 0 Å². The van der Waals surface area contributed by atoms with E-state index in [2.05, 4.69) is 17.2 Å². The van der Waals surface area contributed by atoms with Crippen molar-refractivity contribution in [1.29, 1.82) is 0 Å². The van der Waals surface area contributed by atoms with Gasteiger partial charge in [0.25, 0.3) is 0 Å². The average molecular weight is 169 g/mol. The molecule has 0 aliphatic heterocycles. The van der Waals surface area contributed by atoms with E-state index in [0.29, 0.717) is 11.6 Å². The van der Waals surface area contributed by atoms with Crippen molar-refractivity contribution >= 4 is 22.4 Å². The van der Waals surface area contributed by atoms with E-state index in [1.807, 2.05) is 5.38 Å². The van der Waals surface area contributed by atoms with Crippen molar-refractivity contribution < 1.29 is 4.79 Å². The number of carbonyl (C=O) groups is 1. The summed E-state index contributed by atoms with van der Waals surface area (Å²) in [6.07, 6.45) is 0.663. The molecule has 0 aliphatic carbocycles. The maximum Gasteiger partial charge on any atom is 0.223 e. The molecule has 0 aromatic carbocycles. The van der Waals surface area contributed by atoms with Crippen LogP contribution in [0.1, 0.15) is 12.6 Å². The summed E-state index contributed by atoms with van der Waals surface area (Å²) in [6, 6.07) is 0. The van der Waals surface area contributed by atoms with Gasteiger partial charge in [-0.15, -0.1) is 11.3 Å². The summed E-state index contributed by atoms with van der Waals surface area (Å²) in [6.45, 7) is 5.14. The normalized spacial score (nSPS) is 9.64. The van der Waals surface area contributed by atoms with E-state index in [1.165, 1.54) is 18.3 Å². The maximum absolute atomic E-state index is 10.6. The number of aromatic nitrogens is 1. The molecule has 1 aromatic rings. The Bertz CT molecular complexity index is 257. The van der Waals surface area contributed by atoms with Crippen molar-refractivity contribution in [3.05, 3.63) is 18.0 Å². The Morgan fingerprint density at radius 2 is 2.64 bits per heavy atom. The number of nitrogens with one attached hydrogen (secondary N) is 1. The molecule has 0 spiro atoms. The molecule has 0 atom stereocenters. The molecule has 0 fully saturated rings. The Morgan fingerprint density at radius 1 is 1.91 bits per heavy atom. The van der Waals surface area contributed by atoms with Crippen LogP contribution in [-0.2, 0) is 11.2 Å². The highest BCUT2D eigenvalue weighted by Crippen LogP contribution is 2.14. The van der Waals surface area contributed by atoms with Gasteiger partial charge in [0.2, 0.25) is 5.91 Å². The van der Waals surface area contributed by atoms with Crippen LogP contribution >= 0.6 is 11.3 Å². The van der Waals surface area contributed by atoms with E-state index in [-0.39, 0.29) is 5.91 Å². The Morgan fingerprint density at radius 3 is 3.09 bits per heavy atom. The number of carbonyl (C=O) groups excluding carboxylic acids is 1. The second-order valence-corrected chi connectivity index (χ2v) is 2.93. The molecule has 1 amide bonds. The number of hydrogen-bond acceptors (Lipinski definition) is 3. The van der Waals surface area contributed by atoms with Gasteiger partial charge in [-0.1, -0.05) is 0 Å². The average Bonchev–Trinajstić information content (AvgIpc) is 2.34. The zero-order valence-corrected chi connectivity index (χ0v) is 7.07. The molecule has 1 radical (unpaired) electrons. The van der Waals surface area contributed by atoms with Crippen molar-refractivity contribution in [2.24, 2.45) is 0 Å². The first kappa shape index (κ1) is 8.20. The van der Waals surface area contributed by atoms with Gasteiger partial charge in [0.05, 0.1) is 5.69 Å². The van der Waals surface area contributed by atoms with Crippen LogP contribution in [0.25, 0.3) is 0 Å². The lowest BCUT2D eigenvalue weighted by Gasteiger charge is -1.92. The minimum absolute atomic E-state index is 0.0880. The summed E-state index contributed by atoms with van der Waals surface area (Å²) in [7, 11) is 0. The van der Waals surface area contributed by atoms with Crippen LogP contribution in [-0.4, -0.2) is 10.9 Å². The van der Waals surface area contributed by atoms with Gasteiger partial charge in [0.15, 0.2) is 5.13 Å². The van der Waals surface area contributed by atoms with Gasteiger partial charge >= 0.3 is 0 Å². The fourth-order valence-electron chi connectivity index (χ4n) is 0.630. The lowest BCUT2D eigenvalue weighted by molar-refractivity contribution is -0.114. The third-order valence-corrected chi connectivity index (χ3v) is 1.90. The zero-order valence-electron chi connectivity index (χ0n) is 6.26. The SMILES string of the molecule is [CH2]Cc1csc(NC(C)=O)n1. The molecule has 1 heterocycles. The topological polar surface area (TPSA) is 42.0 Å². The predicted molar refractivity (Wildman–Crippen MR) is 45.5 cm³/mol. The molecule has 1 aromatic heterocycles. The first-order chi connectivity index (χ1) is 5.22. The molecule has 0 saturated carbocycles. The van der Waals surface area contributed by atoms with Crippen LogP contribution in [0.3, 0.4) is 0 Å². The predicted octanol–water partition coefficient (Wildman–Crippen LogP) is 1.48. The molecular formula is C7H9N2OS. The maximum atomic E-state index is 10.6. The minimum atomic E-state index is -0.0880. The molecule has 4 heteroatoms. The number of thiazole rings is 1. The van der Waals surface area contributed by atoms with Crippen LogP contribution in [0.5, 0.6) is 0 Å². The highest BCUT2D eigenvalue weighted by molar-refractivity contribution is 7.13. The highest BCUT2D eigenvalue weighted by atomic mass is 32.1. The summed E-state index contributed by atoms with van der Waals surface area (Å²) < 4.78 is 0. The van der Waals surface area contributed by atoms with Crippen molar-refractivity contribution in [2.45, 2.75) is 13.3 Å². The zero-order chi connectivity index (χ0) is 8.27. The Balaban J connectivity index is 2.65. The Hall–Kier alpha value is -0.900. The lowest BCUT2D eigenvalue weighted by atomic mass is 10.4. The molecule has 0 saturated heterocycles. The van der Waals surface area contributed by atoms with Crippen LogP contribution in [0.15, 0.2) is 5.38 Å². The van der Waals surface area contributed by atoms with Crippen LogP contribution in [0, 0.1) is 6.92 Å². The highest BCUT2D eigenvalue weighted by Gasteiger charge is 2.00. The first-order valence-electron chi connectivity index (χ1n) is 3.23. The van der Waals surface area contributed by atoms with E-state index in [9.17, 15) is 4.79 Å². The van der Waals surface area contributed by atoms with Crippen molar-refractivity contribution in [3.8, 4) is 0 Å².